The van der Waals surface area contributed by atoms with Crippen molar-refractivity contribution in [1.29, 1.82) is 0 Å². The number of nitrogens with two attached hydrogens (primary N) is 1. The van der Waals surface area contributed by atoms with Gasteiger partial charge in [0.2, 0.25) is 11.8 Å². The number of nitrogens with zero attached hydrogens (tertiary/aromatic N) is 3. The molecule has 8 heteroatoms. The quantitative estimate of drug-likeness (QED) is 0.553. The van der Waals surface area contributed by atoms with E-state index in [0.717, 1.165) is 13.1 Å². The lowest BCUT2D eigenvalue weighted by Gasteiger charge is -2.39. The summed E-state index contributed by atoms with van der Waals surface area (Å²) in [4.78, 5) is 32.8. The number of rotatable bonds is 8. The molecule has 1 fully saturated rings. The Morgan fingerprint density at radius 1 is 1.00 bits per heavy atom. The Morgan fingerprint density at radius 3 is 2.48 bits per heavy atom. The number of carbonyl (C=O) groups excluding carboxylic acids is 2. The second-order valence-corrected chi connectivity index (χ2v) is 7.97. The topological polar surface area (TPSA) is 101 Å². The highest BCUT2D eigenvalue weighted by Gasteiger charge is 2.32. The van der Waals surface area contributed by atoms with Crippen LogP contribution in [-0.4, -0.2) is 58.8 Å². The molecule has 0 radical (unpaired) electrons. The van der Waals surface area contributed by atoms with E-state index in [1.165, 1.54) is 5.56 Å². The molecule has 2 aromatic carbocycles. The summed E-state index contributed by atoms with van der Waals surface area (Å²) >= 11 is 0. The molecule has 8 nitrogen and oxygen atoms in total. The van der Waals surface area contributed by atoms with Crippen LogP contribution in [0.25, 0.3) is 0 Å². The zero-order chi connectivity index (χ0) is 23.0. The third-order valence-electron chi connectivity index (χ3n) is 5.51. The van der Waals surface area contributed by atoms with Crippen LogP contribution in [0.15, 0.2) is 79.1 Å². The van der Waals surface area contributed by atoms with Crippen molar-refractivity contribution in [3.8, 4) is 11.5 Å². The first-order valence-electron chi connectivity index (χ1n) is 10.8. The molecule has 2 heterocycles. The maximum absolute atomic E-state index is 12.6. The molecule has 1 saturated heterocycles. The second kappa shape index (κ2) is 10.7. The van der Waals surface area contributed by atoms with Crippen molar-refractivity contribution in [2.45, 2.75) is 12.6 Å². The Labute approximate surface area is 193 Å². The molecule has 1 aliphatic heterocycles. The number of benzene rings is 2. The van der Waals surface area contributed by atoms with Gasteiger partial charge in [-0.15, -0.1) is 0 Å². The van der Waals surface area contributed by atoms with E-state index in [-0.39, 0.29) is 12.5 Å². The van der Waals surface area contributed by atoms with Crippen LogP contribution in [0.1, 0.15) is 5.56 Å². The number of amides is 2. The number of aromatic nitrogens is 1. The molecule has 0 unspecified atom stereocenters. The average Bonchev–Trinajstić information content (AvgIpc) is 2.82. The van der Waals surface area contributed by atoms with Crippen LogP contribution >= 0.6 is 0 Å². The minimum Gasteiger partial charge on any atom is -0.456 e. The number of ether oxygens (including phenoxy) is 1. The van der Waals surface area contributed by atoms with Crippen molar-refractivity contribution in [2.24, 2.45) is 5.73 Å². The normalized spacial score (nSPS) is 16.8. The number of piperazine rings is 1. The third-order valence-corrected chi connectivity index (χ3v) is 5.51. The summed E-state index contributed by atoms with van der Waals surface area (Å²) < 4.78 is 5.71. The van der Waals surface area contributed by atoms with Gasteiger partial charge in [-0.05, 0) is 42.0 Å². The summed E-state index contributed by atoms with van der Waals surface area (Å²) in [6.07, 6.45) is 3.31. The minimum atomic E-state index is -0.511. The van der Waals surface area contributed by atoms with Crippen LogP contribution in [0.2, 0.25) is 0 Å². The highest BCUT2D eigenvalue weighted by molar-refractivity contribution is 5.93. The molecule has 33 heavy (non-hydrogen) atoms. The Kier molecular flexibility index (Phi) is 7.29. The number of primary amides is 1. The van der Waals surface area contributed by atoms with E-state index < -0.39 is 11.9 Å². The van der Waals surface area contributed by atoms with Gasteiger partial charge in [0.15, 0.2) is 0 Å². The SMILES string of the molecule is NC(=O)[C@@H]1CN(Cc2ccccc2)CCN1CC(=O)Nc1ccc(Oc2cccnc2)cc1. The molecule has 3 aromatic rings. The molecule has 1 aromatic heterocycles. The predicted octanol–water partition coefficient (Wildman–Crippen LogP) is 2.48. The minimum absolute atomic E-state index is 0.0979. The van der Waals surface area contributed by atoms with Gasteiger partial charge in [-0.2, -0.15) is 0 Å². The highest BCUT2D eigenvalue weighted by atomic mass is 16.5. The molecule has 0 saturated carbocycles. The maximum atomic E-state index is 12.6. The smallest absolute Gasteiger partial charge is 0.238 e. The Balaban J connectivity index is 1.30. The van der Waals surface area contributed by atoms with Gasteiger partial charge in [0, 0.05) is 38.1 Å². The zero-order valence-corrected chi connectivity index (χ0v) is 18.3. The largest absolute Gasteiger partial charge is 0.456 e. The molecule has 3 N–H and O–H groups in total. The Bertz CT molecular complexity index is 1060. The zero-order valence-electron chi connectivity index (χ0n) is 18.3. The molecule has 2 amide bonds. The van der Waals surface area contributed by atoms with Gasteiger partial charge in [-0.25, -0.2) is 0 Å². The van der Waals surface area contributed by atoms with Crippen LogP contribution < -0.4 is 15.8 Å². The number of pyridine rings is 1. The molecule has 1 atom stereocenters. The summed E-state index contributed by atoms with van der Waals surface area (Å²) in [6.45, 7) is 2.69. The van der Waals surface area contributed by atoms with Crippen molar-refractivity contribution < 1.29 is 14.3 Å². The fraction of sp³-hybridized carbons (Fsp3) is 0.240. The molecule has 170 valence electrons. The third kappa shape index (κ3) is 6.38. The van der Waals surface area contributed by atoms with E-state index in [1.54, 1.807) is 42.7 Å². The van der Waals surface area contributed by atoms with Gasteiger partial charge in [-0.1, -0.05) is 30.3 Å². The van der Waals surface area contributed by atoms with Crippen molar-refractivity contribution in [3.63, 3.8) is 0 Å². The number of carbonyl (C=O) groups is 2. The lowest BCUT2D eigenvalue weighted by atomic mass is 10.1. The molecule has 4 rings (SSSR count). The first kappa shape index (κ1) is 22.4. The molecule has 0 bridgehead atoms. The molecule has 1 aliphatic rings. The number of nitrogens with one attached hydrogen (secondary N) is 1. The fourth-order valence-corrected chi connectivity index (χ4v) is 3.86. The van der Waals surface area contributed by atoms with E-state index in [0.29, 0.717) is 30.3 Å². The van der Waals surface area contributed by atoms with E-state index in [2.05, 4.69) is 27.3 Å². The van der Waals surface area contributed by atoms with Crippen molar-refractivity contribution >= 4 is 17.5 Å². The second-order valence-electron chi connectivity index (χ2n) is 7.97. The predicted molar refractivity (Wildman–Crippen MR) is 126 cm³/mol. The van der Waals surface area contributed by atoms with Crippen molar-refractivity contribution in [1.82, 2.24) is 14.8 Å². The van der Waals surface area contributed by atoms with Crippen LogP contribution in [-0.2, 0) is 16.1 Å². The van der Waals surface area contributed by atoms with Gasteiger partial charge in [-0.3, -0.25) is 24.4 Å². The van der Waals surface area contributed by atoms with E-state index >= 15 is 0 Å². The Hall–Kier alpha value is -3.75. The first-order valence-corrected chi connectivity index (χ1v) is 10.8. The number of hydrogen-bond acceptors (Lipinski definition) is 6. The van der Waals surface area contributed by atoms with Gasteiger partial charge in [0.25, 0.3) is 0 Å². The van der Waals surface area contributed by atoms with Crippen molar-refractivity contribution in [2.75, 3.05) is 31.5 Å². The number of anilines is 1. The molecule has 0 aliphatic carbocycles. The van der Waals surface area contributed by atoms with E-state index in [4.69, 9.17) is 10.5 Å². The van der Waals surface area contributed by atoms with Gasteiger partial charge in [0.05, 0.1) is 12.7 Å². The van der Waals surface area contributed by atoms with Gasteiger partial charge >= 0.3 is 0 Å². The van der Waals surface area contributed by atoms with Crippen LogP contribution in [0, 0.1) is 0 Å². The van der Waals surface area contributed by atoms with Gasteiger partial charge in [0.1, 0.15) is 17.5 Å². The van der Waals surface area contributed by atoms with Gasteiger partial charge < -0.3 is 15.8 Å². The van der Waals surface area contributed by atoms with Crippen molar-refractivity contribution in [3.05, 3.63) is 84.7 Å². The molecular weight excluding hydrogens is 418 g/mol. The summed E-state index contributed by atoms with van der Waals surface area (Å²) in [6, 6.07) is 20.3. The summed E-state index contributed by atoms with van der Waals surface area (Å²) in [5, 5.41) is 2.88. The van der Waals surface area contributed by atoms with E-state index in [9.17, 15) is 9.59 Å². The average molecular weight is 446 g/mol. The van der Waals surface area contributed by atoms with Crippen LogP contribution in [0.3, 0.4) is 0 Å². The lowest BCUT2D eigenvalue weighted by Crippen LogP contribution is -2.59. The molecular formula is C25H27N5O3. The van der Waals surface area contributed by atoms with Crippen LogP contribution in [0.4, 0.5) is 5.69 Å². The lowest BCUT2D eigenvalue weighted by molar-refractivity contribution is -0.127. The summed E-state index contributed by atoms with van der Waals surface area (Å²) in [5.74, 6) is 0.665. The maximum Gasteiger partial charge on any atom is 0.238 e. The standard InChI is InChI=1S/C25H27N5O3/c26-25(32)23-17-29(16-19-5-2-1-3-6-19)13-14-30(23)18-24(31)28-20-8-10-21(11-9-20)33-22-7-4-12-27-15-22/h1-12,15,23H,13-14,16-18H2,(H2,26,32)(H,28,31)/t23-/m0/s1. The van der Waals surface area contributed by atoms with Crippen LogP contribution in [0.5, 0.6) is 11.5 Å². The summed E-state index contributed by atoms with van der Waals surface area (Å²) in [7, 11) is 0. The summed E-state index contributed by atoms with van der Waals surface area (Å²) in [5.41, 5.74) is 7.50. The van der Waals surface area contributed by atoms with E-state index in [1.807, 2.05) is 29.2 Å². The highest BCUT2D eigenvalue weighted by Crippen LogP contribution is 2.22. The Morgan fingerprint density at radius 2 is 1.79 bits per heavy atom. The first-order chi connectivity index (χ1) is 16.1. The number of hydrogen-bond donors (Lipinski definition) is 2. The molecule has 0 spiro atoms. The fourth-order valence-electron chi connectivity index (χ4n) is 3.86. The monoisotopic (exact) mass is 445 g/mol.